The topological polar surface area (TPSA) is 92.7 Å². The van der Waals surface area contributed by atoms with Crippen LogP contribution in [0.1, 0.15) is 13.8 Å². The van der Waals surface area contributed by atoms with Crippen LogP contribution in [-0.2, 0) is 19.6 Å². The first-order valence-corrected chi connectivity index (χ1v) is 9.22. The lowest BCUT2D eigenvalue weighted by Crippen LogP contribution is -2.44. The Morgan fingerprint density at radius 3 is 1.92 bits per heavy atom. The van der Waals surface area contributed by atoms with E-state index in [1.807, 2.05) is 0 Å². The van der Waals surface area contributed by atoms with Crippen molar-refractivity contribution in [2.24, 2.45) is 5.92 Å². The van der Waals surface area contributed by atoms with E-state index in [1.165, 1.54) is 19.2 Å². The van der Waals surface area contributed by atoms with Gasteiger partial charge < -0.3 is 9.84 Å². The summed E-state index contributed by atoms with van der Waals surface area (Å²) in [7, 11) is -2.64. The summed E-state index contributed by atoms with van der Waals surface area (Å²) in [5, 5.41) is 9.32. The summed E-state index contributed by atoms with van der Waals surface area (Å²) in [5.74, 6) is -0.715. The number of sulfonamides is 1. The molecule has 2 rings (SSSR count). The van der Waals surface area contributed by atoms with E-state index in [2.05, 4.69) is 9.46 Å². The minimum absolute atomic E-state index is 0.0598. The molecular formula is C18H21NO5S. The summed E-state index contributed by atoms with van der Waals surface area (Å²) in [6.45, 7) is 3.47. The number of ether oxygens (including phenoxy) is 1. The normalized spacial score (nSPS) is 12.8. The number of hydrogen-bond acceptors (Lipinski definition) is 5. The van der Waals surface area contributed by atoms with Crippen LogP contribution in [-0.4, -0.2) is 32.6 Å². The zero-order valence-electron chi connectivity index (χ0n) is 14.3. The summed E-state index contributed by atoms with van der Waals surface area (Å²) >= 11 is 0. The average Bonchev–Trinajstić information content (AvgIpc) is 2.59. The SMILES string of the molecule is COC(=O)[C@H](NS(=O)(=O)c1ccc(-c2ccc(O)cc2)cc1)C(C)C. The van der Waals surface area contributed by atoms with E-state index in [-0.39, 0.29) is 16.6 Å². The van der Waals surface area contributed by atoms with Gasteiger partial charge >= 0.3 is 5.97 Å². The lowest BCUT2D eigenvalue weighted by molar-refractivity contribution is -0.143. The standard InChI is InChI=1S/C18H21NO5S/c1-12(2)17(18(21)24-3)19-25(22,23)16-10-6-14(7-11-16)13-4-8-15(20)9-5-13/h4-12,17,19-20H,1-3H3/t17-/m1/s1. The van der Waals surface area contributed by atoms with Crippen molar-refractivity contribution in [3.8, 4) is 16.9 Å². The molecule has 2 aromatic rings. The molecule has 134 valence electrons. The number of nitrogens with one attached hydrogen (secondary N) is 1. The van der Waals surface area contributed by atoms with Gasteiger partial charge in [0.25, 0.3) is 0 Å². The average molecular weight is 363 g/mol. The molecule has 25 heavy (non-hydrogen) atoms. The minimum Gasteiger partial charge on any atom is -0.508 e. The number of carbonyl (C=O) groups is 1. The van der Waals surface area contributed by atoms with Crippen LogP contribution in [0.15, 0.2) is 53.4 Å². The van der Waals surface area contributed by atoms with E-state index in [1.54, 1.807) is 50.2 Å². The Kier molecular flexibility index (Phi) is 5.81. The molecule has 6 nitrogen and oxygen atoms in total. The Morgan fingerprint density at radius 2 is 1.48 bits per heavy atom. The molecule has 0 fully saturated rings. The zero-order chi connectivity index (χ0) is 18.6. The Bertz CT molecular complexity index is 827. The van der Waals surface area contributed by atoms with Crippen molar-refractivity contribution in [2.75, 3.05) is 7.11 Å². The molecule has 2 aromatic carbocycles. The highest BCUT2D eigenvalue weighted by molar-refractivity contribution is 7.89. The Morgan fingerprint density at radius 1 is 1.00 bits per heavy atom. The van der Waals surface area contributed by atoms with E-state index in [0.29, 0.717) is 0 Å². The first-order chi connectivity index (χ1) is 11.7. The Labute approximate surface area is 147 Å². The van der Waals surface area contributed by atoms with Crippen molar-refractivity contribution in [1.29, 1.82) is 0 Å². The second-order valence-electron chi connectivity index (χ2n) is 5.94. The van der Waals surface area contributed by atoms with Crippen molar-refractivity contribution in [3.05, 3.63) is 48.5 Å². The number of rotatable bonds is 6. The van der Waals surface area contributed by atoms with Crippen molar-refractivity contribution in [1.82, 2.24) is 4.72 Å². The molecule has 0 heterocycles. The molecule has 0 unspecified atom stereocenters. The van der Waals surface area contributed by atoms with Crippen molar-refractivity contribution < 1.29 is 23.1 Å². The fourth-order valence-electron chi connectivity index (χ4n) is 2.30. The molecular weight excluding hydrogens is 342 g/mol. The molecule has 0 radical (unpaired) electrons. The number of phenolic OH excluding ortho intramolecular Hbond substituents is 1. The third kappa shape index (κ3) is 4.58. The van der Waals surface area contributed by atoms with Gasteiger partial charge in [0.2, 0.25) is 10.0 Å². The van der Waals surface area contributed by atoms with Crippen LogP contribution in [0.5, 0.6) is 5.75 Å². The molecule has 0 aliphatic heterocycles. The smallest absolute Gasteiger partial charge is 0.324 e. The zero-order valence-corrected chi connectivity index (χ0v) is 15.1. The van der Waals surface area contributed by atoms with Gasteiger partial charge in [-0.05, 0) is 41.3 Å². The summed E-state index contributed by atoms with van der Waals surface area (Å²) in [6.07, 6.45) is 0. The van der Waals surface area contributed by atoms with Crippen LogP contribution in [0.25, 0.3) is 11.1 Å². The van der Waals surface area contributed by atoms with Crippen LogP contribution in [0.3, 0.4) is 0 Å². The molecule has 0 aliphatic carbocycles. The number of esters is 1. The van der Waals surface area contributed by atoms with Crippen molar-refractivity contribution in [2.45, 2.75) is 24.8 Å². The van der Waals surface area contributed by atoms with E-state index in [0.717, 1.165) is 11.1 Å². The molecule has 0 bridgehead atoms. The van der Waals surface area contributed by atoms with Gasteiger partial charge in [-0.3, -0.25) is 4.79 Å². The molecule has 0 saturated heterocycles. The van der Waals surface area contributed by atoms with E-state index in [4.69, 9.17) is 0 Å². The Balaban J connectivity index is 2.25. The number of carbonyl (C=O) groups excluding carboxylic acids is 1. The summed E-state index contributed by atoms with van der Waals surface area (Å²) < 4.78 is 32.1. The highest BCUT2D eigenvalue weighted by atomic mass is 32.2. The highest BCUT2D eigenvalue weighted by Gasteiger charge is 2.29. The van der Waals surface area contributed by atoms with Crippen molar-refractivity contribution in [3.63, 3.8) is 0 Å². The van der Waals surface area contributed by atoms with Crippen molar-refractivity contribution >= 4 is 16.0 Å². The van der Waals surface area contributed by atoms with Crippen LogP contribution < -0.4 is 4.72 Å². The quantitative estimate of drug-likeness (QED) is 0.770. The number of benzene rings is 2. The third-order valence-corrected chi connectivity index (χ3v) is 5.23. The maximum Gasteiger partial charge on any atom is 0.324 e. The molecule has 0 aliphatic rings. The van der Waals surface area contributed by atoms with Gasteiger partial charge in [0.1, 0.15) is 11.8 Å². The molecule has 0 aromatic heterocycles. The van der Waals surface area contributed by atoms with Gasteiger partial charge in [0, 0.05) is 0 Å². The summed E-state index contributed by atoms with van der Waals surface area (Å²) in [4.78, 5) is 11.8. The van der Waals surface area contributed by atoms with Gasteiger partial charge in [0.05, 0.1) is 12.0 Å². The van der Waals surface area contributed by atoms with E-state index >= 15 is 0 Å². The largest absolute Gasteiger partial charge is 0.508 e. The minimum atomic E-state index is -3.86. The van der Waals surface area contributed by atoms with Gasteiger partial charge in [-0.2, -0.15) is 4.72 Å². The highest BCUT2D eigenvalue weighted by Crippen LogP contribution is 2.23. The van der Waals surface area contributed by atoms with Gasteiger partial charge in [-0.25, -0.2) is 8.42 Å². The van der Waals surface area contributed by atoms with Gasteiger partial charge in [-0.1, -0.05) is 38.1 Å². The number of hydrogen-bond donors (Lipinski definition) is 2. The summed E-state index contributed by atoms with van der Waals surface area (Å²) in [5.41, 5.74) is 1.66. The lowest BCUT2D eigenvalue weighted by Gasteiger charge is -2.19. The van der Waals surface area contributed by atoms with Crippen LogP contribution in [0.2, 0.25) is 0 Å². The van der Waals surface area contributed by atoms with E-state index in [9.17, 15) is 18.3 Å². The van der Waals surface area contributed by atoms with Crippen LogP contribution in [0.4, 0.5) is 0 Å². The summed E-state index contributed by atoms with van der Waals surface area (Å²) in [6, 6.07) is 11.9. The molecule has 0 amide bonds. The second kappa shape index (κ2) is 7.67. The number of methoxy groups -OCH3 is 1. The van der Waals surface area contributed by atoms with Gasteiger partial charge in [-0.15, -0.1) is 0 Å². The maximum absolute atomic E-state index is 12.5. The predicted octanol–water partition coefficient (Wildman–Crippen LogP) is 2.54. The Hall–Kier alpha value is -2.38. The first-order valence-electron chi connectivity index (χ1n) is 7.74. The molecule has 1 atom stereocenters. The second-order valence-corrected chi connectivity index (χ2v) is 7.65. The maximum atomic E-state index is 12.5. The lowest BCUT2D eigenvalue weighted by atomic mass is 10.1. The fraction of sp³-hybridized carbons (Fsp3) is 0.278. The van der Waals surface area contributed by atoms with Crippen LogP contribution >= 0.6 is 0 Å². The van der Waals surface area contributed by atoms with Crippen LogP contribution in [0, 0.1) is 5.92 Å². The number of aromatic hydroxyl groups is 1. The predicted molar refractivity (Wildman–Crippen MR) is 94.5 cm³/mol. The molecule has 0 spiro atoms. The first kappa shape index (κ1) is 19.0. The monoisotopic (exact) mass is 363 g/mol. The fourth-order valence-corrected chi connectivity index (χ4v) is 3.63. The molecule has 2 N–H and O–H groups in total. The molecule has 0 saturated carbocycles. The third-order valence-electron chi connectivity index (χ3n) is 3.77. The van der Waals surface area contributed by atoms with Gasteiger partial charge in [0.15, 0.2) is 0 Å². The molecule has 7 heteroatoms. The number of phenols is 1. The van der Waals surface area contributed by atoms with E-state index < -0.39 is 22.0 Å².